The van der Waals surface area contributed by atoms with E-state index in [1.54, 1.807) is 6.20 Å². The zero-order chi connectivity index (χ0) is 17.6. The van der Waals surface area contributed by atoms with Crippen molar-refractivity contribution < 1.29 is 5.11 Å². The minimum Gasteiger partial charge on any atom is -0.381 e. The van der Waals surface area contributed by atoms with E-state index in [1.165, 1.54) is 6.42 Å². The topological polar surface area (TPSA) is 41.3 Å². The van der Waals surface area contributed by atoms with E-state index in [9.17, 15) is 5.11 Å². The van der Waals surface area contributed by atoms with Crippen LogP contribution in [-0.2, 0) is 19.2 Å². The summed E-state index contributed by atoms with van der Waals surface area (Å²) >= 11 is 12.2. The number of imidazole rings is 1. The van der Waals surface area contributed by atoms with Crippen molar-refractivity contribution in [3.8, 4) is 0 Å². The van der Waals surface area contributed by atoms with Crippen LogP contribution in [0.15, 0.2) is 30.6 Å². The molecular weight excluding hydrogens is 357 g/mol. The smallest absolute Gasteiger partial charge is 0.141 e. The lowest BCUT2D eigenvalue weighted by Gasteiger charge is -2.52. The van der Waals surface area contributed by atoms with Crippen molar-refractivity contribution in [3.05, 3.63) is 52.0 Å². The average Bonchev–Trinajstić information content (AvgIpc) is 2.99. The number of fused-ring (bicyclic) bond motifs is 2. The third kappa shape index (κ3) is 2.99. The maximum atomic E-state index is 11.6. The van der Waals surface area contributed by atoms with E-state index < -0.39 is 5.60 Å². The van der Waals surface area contributed by atoms with Gasteiger partial charge in [-0.25, -0.2) is 4.98 Å². The van der Waals surface area contributed by atoms with Gasteiger partial charge < -0.3 is 9.67 Å². The third-order valence-electron chi connectivity index (χ3n) is 5.88. The Kier molecular flexibility index (Phi) is 4.57. The molecule has 2 aromatic rings. The summed E-state index contributed by atoms with van der Waals surface area (Å²) < 4.78 is 1.97. The third-order valence-corrected chi connectivity index (χ3v) is 6.62. The second kappa shape index (κ2) is 6.58. The lowest BCUT2D eigenvalue weighted by atomic mass is 9.65. The molecule has 4 rings (SSSR count). The van der Waals surface area contributed by atoms with Gasteiger partial charge in [-0.15, -0.1) is 0 Å². The van der Waals surface area contributed by atoms with Gasteiger partial charge in [-0.3, -0.25) is 4.90 Å². The fraction of sp³-hybridized carbons (Fsp3) is 0.526. The van der Waals surface area contributed by atoms with Crippen LogP contribution in [0.1, 0.15) is 30.7 Å². The first-order chi connectivity index (χ1) is 12.0. The molecule has 1 N–H and O–H groups in total. The number of hydrogen-bond donors (Lipinski definition) is 1. The number of halogens is 2. The fourth-order valence-corrected chi connectivity index (χ4v) is 5.01. The van der Waals surface area contributed by atoms with Crippen LogP contribution in [0, 0.1) is 11.8 Å². The van der Waals surface area contributed by atoms with E-state index in [1.807, 2.05) is 36.0 Å². The van der Waals surface area contributed by atoms with Gasteiger partial charge in [-0.2, -0.15) is 0 Å². The number of piperidine rings is 1. The summed E-state index contributed by atoms with van der Waals surface area (Å²) in [5.74, 6) is 1.24. The van der Waals surface area contributed by atoms with Gasteiger partial charge in [0.1, 0.15) is 11.4 Å². The summed E-state index contributed by atoms with van der Waals surface area (Å²) in [7, 11) is 1.97. The van der Waals surface area contributed by atoms with Crippen LogP contribution in [-0.4, -0.2) is 32.6 Å². The summed E-state index contributed by atoms with van der Waals surface area (Å²) in [6.45, 7) is 2.58. The van der Waals surface area contributed by atoms with Gasteiger partial charge in [0.2, 0.25) is 0 Å². The van der Waals surface area contributed by atoms with Crippen molar-refractivity contribution >= 4 is 23.2 Å². The van der Waals surface area contributed by atoms with Crippen LogP contribution in [0.2, 0.25) is 10.0 Å². The van der Waals surface area contributed by atoms with Crippen molar-refractivity contribution in [2.75, 3.05) is 13.1 Å². The molecule has 1 aromatic carbocycles. The molecule has 6 heteroatoms. The lowest BCUT2D eigenvalue weighted by Crippen LogP contribution is -2.58. The standard InChI is InChI=1S/C19H23Cl2N3O/c1-23-8-7-22-18(23)19(25)14-3-2-4-15(19)12-24(11-14)10-13-5-6-16(20)17(21)9-13/h5-9,14-15,25H,2-4,10-12H2,1H3/t14-,15-/m1/s1. The molecule has 2 fully saturated rings. The highest BCUT2D eigenvalue weighted by molar-refractivity contribution is 6.42. The van der Waals surface area contributed by atoms with Crippen LogP contribution >= 0.6 is 23.2 Å². The first kappa shape index (κ1) is 17.3. The molecule has 134 valence electrons. The van der Waals surface area contributed by atoms with E-state index in [0.717, 1.165) is 43.9 Å². The number of benzene rings is 1. The molecule has 0 radical (unpaired) electrons. The van der Waals surface area contributed by atoms with Crippen molar-refractivity contribution in [1.29, 1.82) is 0 Å². The Morgan fingerprint density at radius 2 is 1.92 bits per heavy atom. The normalized spacial score (nSPS) is 29.8. The second-order valence-corrected chi connectivity index (χ2v) is 8.27. The Bertz CT molecular complexity index is 762. The predicted molar refractivity (Wildman–Crippen MR) is 99.7 cm³/mol. The van der Waals surface area contributed by atoms with Gasteiger partial charge in [-0.1, -0.05) is 35.7 Å². The van der Waals surface area contributed by atoms with E-state index >= 15 is 0 Å². The summed E-state index contributed by atoms with van der Waals surface area (Å²) in [5, 5.41) is 12.8. The minimum atomic E-state index is -0.815. The first-order valence-electron chi connectivity index (χ1n) is 8.85. The van der Waals surface area contributed by atoms with Gasteiger partial charge >= 0.3 is 0 Å². The summed E-state index contributed by atoms with van der Waals surface area (Å²) in [6.07, 6.45) is 6.97. The maximum Gasteiger partial charge on any atom is 0.141 e. The number of aromatic nitrogens is 2. The molecular formula is C19H23Cl2N3O. The lowest BCUT2D eigenvalue weighted by molar-refractivity contribution is -0.155. The molecule has 1 saturated carbocycles. The van der Waals surface area contributed by atoms with E-state index in [2.05, 4.69) is 9.88 Å². The monoisotopic (exact) mass is 379 g/mol. The summed E-state index contributed by atoms with van der Waals surface area (Å²) in [4.78, 5) is 6.92. The van der Waals surface area contributed by atoms with Crippen LogP contribution in [0.4, 0.5) is 0 Å². The Hall–Kier alpha value is -1.07. The molecule has 1 aliphatic heterocycles. The van der Waals surface area contributed by atoms with Crippen molar-refractivity contribution in [3.63, 3.8) is 0 Å². The molecule has 1 aliphatic carbocycles. The number of hydrogen-bond acceptors (Lipinski definition) is 3. The zero-order valence-electron chi connectivity index (χ0n) is 14.3. The van der Waals surface area contributed by atoms with Gasteiger partial charge in [0.25, 0.3) is 0 Å². The van der Waals surface area contributed by atoms with Gasteiger partial charge in [0, 0.05) is 50.9 Å². The fourth-order valence-electron chi connectivity index (χ4n) is 4.68. The molecule has 0 spiro atoms. The van der Waals surface area contributed by atoms with E-state index in [-0.39, 0.29) is 11.8 Å². The van der Waals surface area contributed by atoms with Crippen molar-refractivity contribution in [1.82, 2.24) is 14.5 Å². The SMILES string of the molecule is Cn1ccnc1C1(O)[C@@H]2CCC[C@@H]1CN(Cc1ccc(Cl)c(Cl)c1)C2. The minimum absolute atomic E-state index is 0.212. The number of aryl methyl sites for hydroxylation is 1. The number of aliphatic hydroxyl groups is 1. The number of rotatable bonds is 3. The Morgan fingerprint density at radius 1 is 1.20 bits per heavy atom. The highest BCUT2D eigenvalue weighted by Gasteiger charge is 2.53. The molecule has 2 heterocycles. The molecule has 25 heavy (non-hydrogen) atoms. The van der Waals surface area contributed by atoms with Crippen LogP contribution < -0.4 is 0 Å². The Balaban J connectivity index is 1.57. The predicted octanol–water partition coefficient (Wildman–Crippen LogP) is 3.85. The van der Waals surface area contributed by atoms with E-state index in [0.29, 0.717) is 10.0 Å². The molecule has 0 amide bonds. The molecule has 1 aromatic heterocycles. The highest BCUT2D eigenvalue weighted by atomic mass is 35.5. The Labute approximate surface area is 158 Å². The van der Waals surface area contributed by atoms with E-state index in [4.69, 9.17) is 23.2 Å². The molecule has 2 atom stereocenters. The largest absolute Gasteiger partial charge is 0.381 e. The number of nitrogens with zero attached hydrogens (tertiary/aromatic N) is 3. The average molecular weight is 380 g/mol. The first-order valence-corrected chi connectivity index (χ1v) is 9.60. The van der Waals surface area contributed by atoms with Crippen LogP contribution in [0.25, 0.3) is 0 Å². The van der Waals surface area contributed by atoms with Crippen molar-refractivity contribution in [2.45, 2.75) is 31.4 Å². The van der Waals surface area contributed by atoms with Crippen LogP contribution in [0.3, 0.4) is 0 Å². The second-order valence-electron chi connectivity index (χ2n) is 7.45. The molecule has 2 bridgehead atoms. The van der Waals surface area contributed by atoms with Gasteiger partial charge in [0.05, 0.1) is 10.0 Å². The summed E-state index contributed by atoms with van der Waals surface area (Å²) in [6, 6.07) is 5.83. The van der Waals surface area contributed by atoms with Gasteiger partial charge in [0.15, 0.2) is 0 Å². The van der Waals surface area contributed by atoms with Gasteiger partial charge in [-0.05, 0) is 30.5 Å². The molecule has 4 nitrogen and oxygen atoms in total. The molecule has 0 unspecified atom stereocenters. The van der Waals surface area contributed by atoms with Crippen LogP contribution in [0.5, 0.6) is 0 Å². The molecule has 2 aliphatic rings. The van der Waals surface area contributed by atoms with Crippen molar-refractivity contribution in [2.24, 2.45) is 18.9 Å². The zero-order valence-corrected chi connectivity index (χ0v) is 15.8. The summed E-state index contributed by atoms with van der Waals surface area (Å²) in [5.41, 5.74) is 0.347. The quantitative estimate of drug-likeness (QED) is 0.880. The maximum absolute atomic E-state index is 11.6. The number of likely N-dealkylation sites (tertiary alicyclic amines) is 1. The molecule has 1 saturated heterocycles. The Morgan fingerprint density at radius 3 is 2.52 bits per heavy atom. The highest BCUT2D eigenvalue weighted by Crippen LogP contribution is 2.48.